The topological polar surface area (TPSA) is 38.0 Å². The first-order chi connectivity index (χ1) is 9.08. The summed E-state index contributed by atoms with van der Waals surface area (Å²) in [6.45, 7) is 9.31. The van der Waals surface area contributed by atoms with E-state index in [2.05, 4.69) is 33.0 Å². The number of nitrogens with one attached hydrogen (secondary N) is 1. The highest BCUT2D eigenvalue weighted by Crippen LogP contribution is 2.47. The molecule has 0 aliphatic heterocycles. The first kappa shape index (κ1) is 15.8. The highest BCUT2D eigenvalue weighted by Gasteiger charge is 2.38. The van der Waals surface area contributed by atoms with Gasteiger partial charge in [0.2, 0.25) is 0 Å². The van der Waals surface area contributed by atoms with E-state index in [4.69, 9.17) is 28.9 Å². The second kappa shape index (κ2) is 5.31. The van der Waals surface area contributed by atoms with Crippen LogP contribution >= 0.6 is 23.2 Å². The first-order valence-corrected chi connectivity index (χ1v) is 7.85. The van der Waals surface area contributed by atoms with Crippen molar-refractivity contribution in [3.05, 3.63) is 22.2 Å². The van der Waals surface area contributed by atoms with Gasteiger partial charge in [-0.05, 0) is 42.2 Å². The molecule has 1 aliphatic carbocycles. The van der Waals surface area contributed by atoms with Gasteiger partial charge in [0.1, 0.15) is 0 Å². The van der Waals surface area contributed by atoms with Crippen molar-refractivity contribution in [2.75, 3.05) is 11.1 Å². The Morgan fingerprint density at radius 1 is 1.05 bits per heavy atom. The van der Waals surface area contributed by atoms with Gasteiger partial charge in [-0.1, -0.05) is 50.9 Å². The summed E-state index contributed by atoms with van der Waals surface area (Å²) < 4.78 is 0. The molecular formula is C16H24Cl2N2. The van der Waals surface area contributed by atoms with Gasteiger partial charge in [-0.3, -0.25) is 0 Å². The lowest BCUT2D eigenvalue weighted by molar-refractivity contribution is 0.105. The fraction of sp³-hybridized carbons (Fsp3) is 0.625. The second-order valence-corrected chi connectivity index (χ2v) is 8.43. The van der Waals surface area contributed by atoms with E-state index in [0.717, 1.165) is 18.5 Å². The predicted octanol–water partition coefficient (Wildman–Crippen LogP) is 5.59. The van der Waals surface area contributed by atoms with Crippen molar-refractivity contribution >= 4 is 34.6 Å². The molecule has 0 saturated heterocycles. The number of hydrogen-bond acceptors (Lipinski definition) is 2. The van der Waals surface area contributed by atoms with E-state index in [0.29, 0.717) is 32.6 Å². The van der Waals surface area contributed by atoms with Gasteiger partial charge in [0, 0.05) is 11.7 Å². The minimum Gasteiger partial charge on any atom is -0.399 e. The van der Waals surface area contributed by atoms with Crippen LogP contribution in [0.2, 0.25) is 10.0 Å². The second-order valence-electron chi connectivity index (χ2n) is 7.61. The fourth-order valence-electron chi connectivity index (χ4n) is 3.88. The summed E-state index contributed by atoms with van der Waals surface area (Å²) in [6.07, 6.45) is 3.47. The van der Waals surface area contributed by atoms with Crippen LogP contribution < -0.4 is 11.1 Å². The molecule has 4 heteroatoms. The molecule has 1 aliphatic rings. The quantitative estimate of drug-likeness (QED) is 0.698. The average Bonchev–Trinajstić information content (AvgIpc) is 2.18. The van der Waals surface area contributed by atoms with Crippen LogP contribution in [0.15, 0.2) is 12.1 Å². The van der Waals surface area contributed by atoms with Gasteiger partial charge in [0.05, 0.1) is 15.7 Å². The zero-order chi connectivity index (χ0) is 15.1. The third kappa shape index (κ3) is 3.73. The van der Waals surface area contributed by atoms with E-state index in [9.17, 15) is 0 Å². The van der Waals surface area contributed by atoms with Crippen molar-refractivity contribution in [1.82, 2.24) is 0 Å². The third-order valence-electron chi connectivity index (χ3n) is 3.97. The molecular weight excluding hydrogens is 291 g/mol. The van der Waals surface area contributed by atoms with Crippen LogP contribution in [0.25, 0.3) is 0 Å². The Labute approximate surface area is 132 Å². The van der Waals surface area contributed by atoms with E-state index < -0.39 is 0 Å². The van der Waals surface area contributed by atoms with Gasteiger partial charge >= 0.3 is 0 Å². The van der Waals surface area contributed by atoms with Crippen molar-refractivity contribution in [3.8, 4) is 0 Å². The number of halogens is 2. The van der Waals surface area contributed by atoms with Crippen LogP contribution in [-0.4, -0.2) is 6.04 Å². The maximum absolute atomic E-state index is 6.27. The summed E-state index contributed by atoms with van der Waals surface area (Å²) in [5.74, 6) is 0. The van der Waals surface area contributed by atoms with Gasteiger partial charge in [0.15, 0.2) is 0 Å². The van der Waals surface area contributed by atoms with Crippen LogP contribution in [0, 0.1) is 10.8 Å². The maximum Gasteiger partial charge on any atom is 0.0722 e. The molecule has 0 radical (unpaired) electrons. The lowest BCUT2D eigenvalue weighted by Crippen LogP contribution is -2.40. The molecule has 3 N–H and O–H groups in total. The number of anilines is 2. The standard InChI is InChI=1S/C16H24Cl2N2/c1-15(2)7-11(8-16(3,4)9-15)20-14-12(17)5-10(19)6-13(14)18/h5-6,11,20H,7-9,19H2,1-4H3. The van der Waals surface area contributed by atoms with Gasteiger partial charge < -0.3 is 11.1 Å². The molecule has 0 spiro atoms. The summed E-state index contributed by atoms with van der Waals surface area (Å²) in [5, 5.41) is 4.72. The van der Waals surface area contributed by atoms with Gasteiger partial charge in [-0.15, -0.1) is 0 Å². The van der Waals surface area contributed by atoms with Crippen LogP contribution in [-0.2, 0) is 0 Å². The number of nitrogens with two attached hydrogens (primary N) is 1. The third-order valence-corrected chi connectivity index (χ3v) is 4.56. The zero-order valence-corrected chi connectivity index (χ0v) is 14.2. The Balaban J connectivity index is 2.22. The minimum absolute atomic E-state index is 0.326. The van der Waals surface area contributed by atoms with Crippen LogP contribution in [0.5, 0.6) is 0 Å². The molecule has 0 bridgehead atoms. The normalized spacial score (nSPS) is 21.7. The van der Waals surface area contributed by atoms with E-state index in [1.807, 2.05) is 0 Å². The summed E-state index contributed by atoms with van der Waals surface area (Å²) in [4.78, 5) is 0. The number of rotatable bonds is 2. The predicted molar refractivity (Wildman–Crippen MR) is 89.7 cm³/mol. The zero-order valence-electron chi connectivity index (χ0n) is 12.7. The summed E-state index contributed by atoms with van der Waals surface area (Å²) in [5.41, 5.74) is 7.80. The van der Waals surface area contributed by atoms with Gasteiger partial charge in [0.25, 0.3) is 0 Å². The maximum atomic E-state index is 6.27. The molecule has 0 heterocycles. The molecule has 0 atom stereocenters. The van der Waals surface area contributed by atoms with Crippen LogP contribution in [0.3, 0.4) is 0 Å². The molecule has 1 aromatic rings. The fourth-order valence-corrected chi connectivity index (χ4v) is 4.50. The monoisotopic (exact) mass is 314 g/mol. The lowest BCUT2D eigenvalue weighted by atomic mass is 9.63. The molecule has 1 saturated carbocycles. The molecule has 20 heavy (non-hydrogen) atoms. The van der Waals surface area contributed by atoms with Gasteiger partial charge in [-0.25, -0.2) is 0 Å². The Bertz CT molecular complexity index is 470. The first-order valence-electron chi connectivity index (χ1n) is 7.09. The molecule has 112 valence electrons. The lowest BCUT2D eigenvalue weighted by Gasteiger charge is -2.45. The molecule has 1 aromatic carbocycles. The number of benzene rings is 1. The highest BCUT2D eigenvalue weighted by atomic mass is 35.5. The molecule has 1 fully saturated rings. The van der Waals surface area contributed by atoms with Crippen molar-refractivity contribution in [2.24, 2.45) is 10.8 Å². The van der Waals surface area contributed by atoms with E-state index in [1.165, 1.54) is 6.42 Å². The van der Waals surface area contributed by atoms with Crippen LogP contribution in [0.4, 0.5) is 11.4 Å². The van der Waals surface area contributed by atoms with Crippen molar-refractivity contribution in [1.29, 1.82) is 0 Å². The molecule has 2 rings (SSSR count). The Morgan fingerprint density at radius 3 is 1.95 bits per heavy atom. The van der Waals surface area contributed by atoms with Gasteiger partial charge in [-0.2, -0.15) is 0 Å². The number of nitrogen functional groups attached to an aromatic ring is 1. The highest BCUT2D eigenvalue weighted by molar-refractivity contribution is 6.39. The Kier molecular flexibility index (Phi) is 4.19. The molecule has 2 nitrogen and oxygen atoms in total. The molecule has 0 amide bonds. The van der Waals surface area contributed by atoms with E-state index in [1.54, 1.807) is 12.1 Å². The average molecular weight is 315 g/mol. The van der Waals surface area contributed by atoms with E-state index in [-0.39, 0.29) is 0 Å². The van der Waals surface area contributed by atoms with Crippen LogP contribution in [0.1, 0.15) is 47.0 Å². The van der Waals surface area contributed by atoms with E-state index >= 15 is 0 Å². The van der Waals surface area contributed by atoms with Crippen molar-refractivity contribution in [2.45, 2.75) is 53.0 Å². The summed E-state index contributed by atoms with van der Waals surface area (Å²) in [7, 11) is 0. The minimum atomic E-state index is 0.326. The van der Waals surface area contributed by atoms with Crippen molar-refractivity contribution < 1.29 is 0 Å². The Morgan fingerprint density at radius 2 is 1.50 bits per heavy atom. The largest absolute Gasteiger partial charge is 0.399 e. The van der Waals surface area contributed by atoms with Crippen molar-refractivity contribution in [3.63, 3.8) is 0 Å². The SMILES string of the molecule is CC1(C)CC(Nc2c(Cl)cc(N)cc2Cl)CC(C)(C)C1. The molecule has 0 aromatic heterocycles. The smallest absolute Gasteiger partial charge is 0.0722 e. The summed E-state index contributed by atoms with van der Waals surface area (Å²) >= 11 is 12.5. The number of hydrogen-bond donors (Lipinski definition) is 2. The molecule has 0 unspecified atom stereocenters. The Hall–Kier alpha value is -0.600. The summed E-state index contributed by atoms with van der Waals surface area (Å²) in [6, 6.07) is 3.87.